The molecule has 1 aromatic carbocycles. The molecule has 1 saturated heterocycles. The van der Waals surface area contributed by atoms with Crippen LogP contribution in [0, 0.1) is 0 Å². The minimum absolute atomic E-state index is 0.114. The van der Waals surface area contributed by atoms with Crippen LogP contribution in [0.25, 0.3) is 0 Å². The Kier molecular flexibility index (Phi) is 4.51. The molecule has 1 saturated carbocycles. The van der Waals surface area contributed by atoms with Crippen molar-refractivity contribution in [2.24, 2.45) is 0 Å². The van der Waals surface area contributed by atoms with Gasteiger partial charge in [-0.3, -0.25) is 0 Å². The van der Waals surface area contributed by atoms with Gasteiger partial charge in [-0.2, -0.15) is 4.98 Å². The predicted octanol–water partition coefficient (Wildman–Crippen LogP) is 2.39. The molecule has 2 amide bonds. The molecule has 0 unspecified atom stereocenters. The van der Waals surface area contributed by atoms with Crippen molar-refractivity contribution in [3.05, 3.63) is 36.0 Å². The van der Waals surface area contributed by atoms with E-state index in [0.717, 1.165) is 18.5 Å². The molecule has 0 spiro atoms. The average Bonchev–Trinajstić information content (AvgIpc) is 3.40. The summed E-state index contributed by atoms with van der Waals surface area (Å²) in [5.41, 5.74) is 0.722. The standard InChI is InChI=1S/C17H20N4O4/c22-17(21-7-9-23-10-8-21)18-13-3-5-14(6-4-13)24-11-15-19-16(25-20-15)12-1-2-12/h3-6,12H,1-2,7-11H2,(H,18,22). The van der Waals surface area contributed by atoms with Crippen molar-refractivity contribution in [2.45, 2.75) is 25.4 Å². The molecule has 1 aromatic heterocycles. The number of carbonyl (C=O) groups is 1. The number of ether oxygens (including phenoxy) is 2. The molecule has 132 valence electrons. The van der Waals surface area contributed by atoms with Crippen LogP contribution >= 0.6 is 0 Å². The molecule has 1 aliphatic heterocycles. The maximum atomic E-state index is 12.1. The van der Waals surface area contributed by atoms with Crippen LogP contribution in [0.15, 0.2) is 28.8 Å². The van der Waals surface area contributed by atoms with E-state index >= 15 is 0 Å². The Morgan fingerprint density at radius 2 is 2.00 bits per heavy atom. The number of rotatable bonds is 5. The number of aromatic nitrogens is 2. The Morgan fingerprint density at radius 3 is 2.72 bits per heavy atom. The minimum atomic E-state index is -0.114. The first-order valence-electron chi connectivity index (χ1n) is 8.47. The van der Waals surface area contributed by atoms with Crippen molar-refractivity contribution in [1.29, 1.82) is 0 Å². The fourth-order valence-corrected chi connectivity index (χ4v) is 2.57. The molecule has 4 rings (SSSR count). The highest BCUT2D eigenvalue weighted by Gasteiger charge is 2.29. The summed E-state index contributed by atoms with van der Waals surface area (Å²) in [6.07, 6.45) is 2.25. The Balaban J connectivity index is 1.28. The zero-order valence-corrected chi connectivity index (χ0v) is 13.8. The number of urea groups is 1. The van der Waals surface area contributed by atoms with Gasteiger partial charge in [0.25, 0.3) is 0 Å². The van der Waals surface area contributed by atoms with Gasteiger partial charge in [-0.05, 0) is 37.1 Å². The van der Waals surface area contributed by atoms with E-state index in [4.69, 9.17) is 14.0 Å². The number of nitrogens with zero attached hydrogens (tertiary/aromatic N) is 3. The molecule has 8 heteroatoms. The summed E-state index contributed by atoms with van der Waals surface area (Å²) in [6.45, 7) is 2.65. The predicted molar refractivity (Wildman–Crippen MR) is 88.5 cm³/mol. The highest BCUT2D eigenvalue weighted by molar-refractivity contribution is 5.89. The highest BCUT2D eigenvalue weighted by Crippen LogP contribution is 2.38. The van der Waals surface area contributed by atoms with Crippen molar-refractivity contribution in [3.8, 4) is 5.75 Å². The van der Waals surface area contributed by atoms with Gasteiger partial charge >= 0.3 is 6.03 Å². The van der Waals surface area contributed by atoms with Crippen LogP contribution in [-0.2, 0) is 11.3 Å². The third-order valence-corrected chi connectivity index (χ3v) is 4.18. The summed E-state index contributed by atoms with van der Waals surface area (Å²) in [6, 6.07) is 7.10. The van der Waals surface area contributed by atoms with Crippen molar-refractivity contribution >= 4 is 11.7 Å². The number of amides is 2. The number of hydrogen-bond acceptors (Lipinski definition) is 6. The summed E-state index contributed by atoms with van der Waals surface area (Å²) in [5.74, 6) is 2.38. The van der Waals surface area contributed by atoms with Crippen molar-refractivity contribution < 1.29 is 18.8 Å². The molecule has 0 bridgehead atoms. The first-order chi connectivity index (χ1) is 12.3. The molecule has 1 N–H and O–H groups in total. The molecule has 0 atom stereocenters. The largest absolute Gasteiger partial charge is 0.485 e. The van der Waals surface area contributed by atoms with E-state index < -0.39 is 0 Å². The van der Waals surface area contributed by atoms with Crippen LogP contribution in [0.3, 0.4) is 0 Å². The van der Waals surface area contributed by atoms with Crippen LogP contribution in [0.1, 0.15) is 30.5 Å². The van der Waals surface area contributed by atoms with E-state index in [2.05, 4.69) is 15.5 Å². The van der Waals surface area contributed by atoms with Crippen LogP contribution in [-0.4, -0.2) is 47.4 Å². The topological polar surface area (TPSA) is 89.7 Å². The molecule has 2 aliphatic rings. The highest BCUT2D eigenvalue weighted by atomic mass is 16.5. The molecule has 2 fully saturated rings. The second-order valence-corrected chi connectivity index (χ2v) is 6.17. The molecule has 25 heavy (non-hydrogen) atoms. The Bertz CT molecular complexity index is 721. The van der Waals surface area contributed by atoms with Gasteiger partial charge in [-0.25, -0.2) is 4.79 Å². The molecule has 8 nitrogen and oxygen atoms in total. The van der Waals surface area contributed by atoms with Gasteiger partial charge in [0.1, 0.15) is 5.75 Å². The SMILES string of the molecule is O=C(Nc1ccc(OCc2noc(C3CC3)n2)cc1)N1CCOCC1. The second kappa shape index (κ2) is 7.10. The molecule has 0 radical (unpaired) electrons. The zero-order valence-electron chi connectivity index (χ0n) is 13.8. The maximum Gasteiger partial charge on any atom is 0.321 e. The van der Waals surface area contributed by atoms with E-state index in [0.29, 0.717) is 49.7 Å². The number of hydrogen-bond donors (Lipinski definition) is 1. The second-order valence-electron chi connectivity index (χ2n) is 6.17. The van der Waals surface area contributed by atoms with Gasteiger partial charge in [0.05, 0.1) is 13.2 Å². The molecule has 2 aromatic rings. The first kappa shape index (κ1) is 15.9. The number of anilines is 1. The van der Waals surface area contributed by atoms with Crippen molar-refractivity contribution in [1.82, 2.24) is 15.0 Å². The lowest BCUT2D eigenvalue weighted by Gasteiger charge is -2.26. The monoisotopic (exact) mass is 344 g/mol. The van der Waals surface area contributed by atoms with Crippen molar-refractivity contribution in [3.63, 3.8) is 0 Å². The molecule has 2 heterocycles. The van der Waals surface area contributed by atoms with E-state index in [1.807, 2.05) is 0 Å². The Morgan fingerprint density at radius 1 is 1.24 bits per heavy atom. The zero-order chi connectivity index (χ0) is 17.1. The van der Waals surface area contributed by atoms with Crippen molar-refractivity contribution in [2.75, 3.05) is 31.6 Å². The Labute approximate surface area is 145 Å². The lowest BCUT2D eigenvalue weighted by atomic mass is 10.3. The summed E-state index contributed by atoms with van der Waals surface area (Å²) in [4.78, 5) is 18.2. The third kappa shape index (κ3) is 4.08. The summed E-state index contributed by atoms with van der Waals surface area (Å²) < 4.78 is 16.1. The van der Waals surface area contributed by atoms with Gasteiger partial charge < -0.3 is 24.2 Å². The summed E-state index contributed by atoms with van der Waals surface area (Å²) in [7, 11) is 0. The van der Waals surface area contributed by atoms with Gasteiger partial charge in [0.15, 0.2) is 6.61 Å². The van der Waals surface area contributed by atoms with Crippen LogP contribution in [0.5, 0.6) is 5.75 Å². The number of nitrogens with one attached hydrogen (secondary N) is 1. The van der Waals surface area contributed by atoms with Crippen LogP contribution < -0.4 is 10.1 Å². The van der Waals surface area contributed by atoms with E-state index in [1.165, 1.54) is 0 Å². The fourth-order valence-electron chi connectivity index (χ4n) is 2.57. The van der Waals surface area contributed by atoms with Gasteiger partial charge in [0.2, 0.25) is 11.7 Å². The summed E-state index contributed by atoms with van der Waals surface area (Å²) in [5, 5.41) is 6.79. The number of carbonyl (C=O) groups excluding carboxylic acids is 1. The van der Waals surface area contributed by atoms with E-state index in [-0.39, 0.29) is 12.6 Å². The van der Waals surface area contributed by atoms with Gasteiger partial charge in [0, 0.05) is 24.7 Å². The van der Waals surface area contributed by atoms with E-state index in [1.54, 1.807) is 29.2 Å². The van der Waals surface area contributed by atoms with Crippen LogP contribution in [0.4, 0.5) is 10.5 Å². The van der Waals surface area contributed by atoms with Gasteiger partial charge in [-0.1, -0.05) is 5.16 Å². The maximum absolute atomic E-state index is 12.1. The first-order valence-corrected chi connectivity index (χ1v) is 8.47. The normalized spacial score (nSPS) is 17.4. The molecule has 1 aliphatic carbocycles. The molecular formula is C17H20N4O4. The van der Waals surface area contributed by atoms with Gasteiger partial charge in [-0.15, -0.1) is 0 Å². The number of benzene rings is 1. The lowest BCUT2D eigenvalue weighted by molar-refractivity contribution is 0.0564. The molecular weight excluding hydrogens is 324 g/mol. The lowest BCUT2D eigenvalue weighted by Crippen LogP contribution is -2.43. The average molecular weight is 344 g/mol. The summed E-state index contributed by atoms with van der Waals surface area (Å²) >= 11 is 0. The minimum Gasteiger partial charge on any atom is -0.485 e. The van der Waals surface area contributed by atoms with E-state index in [9.17, 15) is 4.79 Å². The smallest absolute Gasteiger partial charge is 0.321 e. The third-order valence-electron chi connectivity index (χ3n) is 4.18. The quantitative estimate of drug-likeness (QED) is 0.896. The van der Waals surface area contributed by atoms with Crippen LogP contribution in [0.2, 0.25) is 0 Å². The fraction of sp³-hybridized carbons (Fsp3) is 0.471. The Hall–Kier alpha value is -2.61. The number of morpholine rings is 1.